The second-order valence-corrected chi connectivity index (χ2v) is 8.62. The van der Waals surface area contributed by atoms with E-state index in [1.165, 1.54) is 4.31 Å². The van der Waals surface area contributed by atoms with Crippen LogP contribution in [0.5, 0.6) is 0 Å². The minimum absolute atomic E-state index is 0. The standard InChI is InChI=1S/C17H28ClN5O2S.HI/c1-3-23(4-2)26(24,25)14-9-20-17(19)22-12-10-21(11-13-22)16-7-5-15(18)6-8-16;/h5-8H,3-4,9-14H2,1-2H3,(H2,19,20);1H. The summed E-state index contributed by atoms with van der Waals surface area (Å²) < 4.78 is 25.8. The summed E-state index contributed by atoms with van der Waals surface area (Å²) in [5.74, 6) is 0.399. The largest absolute Gasteiger partial charge is 0.370 e. The van der Waals surface area contributed by atoms with Crippen molar-refractivity contribution in [2.24, 2.45) is 10.7 Å². The molecule has 0 atom stereocenters. The normalized spacial score (nSPS) is 15.8. The van der Waals surface area contributed by atoms with Crippen LogP contribution in [-0.2, 0) is 10.0 Å². The van der Waals surface area contributed by atoms with Crippen LogP contribution in [0.3, 0.4) is 0 Å². The molecule has 0 amide bonds. The fourth-order valence-corrected chi connectivity index (χ4v) is 4.46. The lowest BCUT2D eigenvalue weighted by Gasteiger charge is -2.36. The molecule has 1 aliphatic heterocycles. The van der Waals surface area contributed by atoms with E-state index in [-0.39, 0.29) is 36.3 Å². The van der Waals surface area contributed by atoms with E-state index in [0.717, 1.165) is 36.9 Å². The molecule has 27 heavy (non-hydrogen) atoms. The summed E-state index contributed by atoms with van der Waals surface area (Å²) in [7, 11) is -3.26. The highest BCUT2D eigenvalue weighted by atomic mass is 127. The molecule has 1 saturated heterocycles. The number of aliphatic imine (C=N–C) groups is 1. The van der Waals surface area contributed by atoms with Gasteiger partial charge in [0, 0.05) is 50.0 Å². The lowest BCUT2D eigenvalue weighted by molar-refractivity contribution is 0.381. The molecule has 10 heteroatoms. The number of guanidine groups is 1. The number of sulfonamides is 1. The highest BCUT2D eigenvalue weighted by Crippen LogP contribution is 2.19. The van der Waals surface area contributed by atoms with Crippen molar-refractivity contribution in [3.63, 3.8) is 0 Å². The van der Waals surface area contributed by atoms with Crippen LogP contribution in [0, 0.1) is 0 Å². The van der Waals surface area contributed by atoms with Crippen molar-refractivity contribution >= 4 is 57.2 Å². The number of hydrogen-bond donors (Lipinski definition) is 1. The smallest absolute Gasteiger partial charge is 0.215 e. The van der Waals surface area contributed by atoms with Gasteiger partial charge in [-0.15, -0.1) is 24.0 Å². The molecule has 1 heterocycles. The van der Waals surface area contributed by atoms with Gasteiger partial charge in [0.2, 0.25) is 10.0 Å². The SMILES string of the molecule is CCN(CC)S(=O)(=O)CCN=C(N)N1CCN(c2ccc(Cl)cc2)CC1.I. The molecule has 0 unspecified atom stereocenters. The van der Waals surface area contributed by atoms with Gasteiger partial charge < -0.3 is 15.5 Å². The maximum atomic E-state index is 12.2. The van der Waals surface area contributed by atoms with Crippen LogP contribution in [0.25, 0.3) is 0 Å². The zero-order valence-electron chi connectivity index (χ0n) is 15.8. The van der Waals surface area contributed by atoms with Crippen molar-refractivity contribution in [1.82, 2.24) is 9.21 Å². The van der Waals surface area contributed by atoms with E-state index in [2.05, 4.69) is 9.89 Å². The fraction of sp³-hybridized carbons (Fsp3) is 0.588. The minimum Gasteiger partial charge on any atom is -0.370 e. The summed E-state index contributed by atoms with van der Waals surface area (Å²) in [6, 6.07) is 7.78. The van der Waals surface area contributed by atoms with Crippen molar-refractivity contribution in [2.45, 2.75) is 13.8 Å². The molecule has 154 valence electrons. The second-order valence-electron chi connectivity index (χ2n) is 6.09. The molecule has 0 saturated carbocycles. The minimum atomic E-state index is -3.26. The zero-order chi connectivity index (χ0) is 19.2. The Bertz CT molecular complexity index is 703. The first-order chi connectivity index (χ1) is 12.4. The van der Waals surface area contributed by atoms with Crippen LogP contribution in [0.4, 0.5) is 5.69 Å². The van der Waals surface area contributed by atoms with Crippen LogP contribution in [-0.4, -0.2) is 75.1 Å². The first kappa shape index (κ1) is 24.3. The number of hydrogen-bond acceptors (Lipinski definition) is 4. The number of nitrogens with zero attached hydrogens (tertiary/aromatic N) is 4. The lowest BCUT2D eigenvalue weighted by Crippen LogP contribution is -2.51. The predicted octanol–water partition coefficient (Wildman–Crippen LogP) is 2.07. The van der Waals surface area contributed by atoms with Gasteiger partial charge in [-0.05, 0) is 24.3 Å². The summed E-state index contributed by atoms with van der Waals surface area (Å²) in [5, 5.41) is 0.725. The van der Waals surface area contributed by atoms with Gasteiger partial charge in [-0.1, -0.05) is 25.4 Å². The van der Waals surface area contributed by atoms with E-state index in [0.29, 0.717) is 19.0 Å². The third-order valence-corrected chi connectivity index (χ3v) is 6.77. The first-order valence-corrected chi connectivity index (χ1v) is 10.9. The van der Waals surface area contributed by atoms with Crippen molar-refractivity contribution in [1.29, 1.82) is 0 Å². The second kappa shape index (κ2) is 11.3. The van der Waals surface area contributed by atoms with E-state index in [9.17, 15) is 8.42 Å². The molecular weight excluding hydrogens is 501 g/mol. The molecule has 1 aromatic carbocycles. The van der Waals surface area contributed by atoms with Crippen molar-refractivity contribution in [3.8, 4) is 0 Å². The third kappa shape index (κ3) is 6.95. The van der Waals surface area contributed by atoms with Gasteiger partial charge in [0.1, 0.15) is 0 Å². The Labute approximate surface area is 184 Å². The first-order valence-electron chi connectivity index (χ1n) is 8.90. The number of rotatable bonds is 7. The average Bonchev–Trinajstić information content (AvgIpc) is 2.63. The molecule has 0 aliphatic carbocycles. The van der Waals surface area contributed by atoms with Gasteiger partial charge in [-0.2, -0.15) is 0 Å². The van der Waals surface area contributed by atoms with E-state index < -0.39 is 10.0 Å². The lowest BCUT2D eigenvalue weighted by atomic mass is 10.2. The predicted molar refractivity (Wildman–Crippen MR) is 124 cm³/mol. The maximum Gasteiger partial charge on any atom is 0.215 e. The summed E-state index contributed by atoms with van der Waals surface area (Å²) >= 11 is 5.93. The number of anilines is 1. The molecule has 2 rings (SSSR count). The number of benzene rings is 1. The quantitative estimate of drug-likeness (QED) is 0.332. The van der Waals surface area contributed by atoms with E-state index in [1.807, 2.05) is 43.0 Å². The Morgan fingerprint density at radius 1 is 1.15 bits per heavy atom. The Morgan fingerprint density at radius 2 is 1.70 bits per heavy atom. The van der Waals surface area contributed by atoms with E-state index in [4.69, 9.17) is 17.3 Å². The maximum absolute atomic E-state index is 12.2. The molecular formula is C17H29ClIN5O2S. The molecule has 0 spiro atoms. The van der Waals surface area contributed by atoms with E-state index in [1.54, 1.807) is 0 Å². The summed E-state index contributed by atoms with van der Waals surface area (Å²) in [5.41, 5.74) is 7.19. The molecule has 2 N–H and O–H groups in total. The summed E-state index contributed by atoms with van der Waals surface area (Å²) in [4.78, 5) is 8.54. The van der Waals surface area contributed by atoms with Crippen LogP contribution in [0.2, 0.25) is 5.02 Å². The van der Waals surface area contributed by atoms with Crippen LogP contribution in [0.1, 0.15) is 13.8 Å². The van der Waals surface area contributed by atoms with Gasteiger partial charge in [0.05, 0.1) is 12.3 Å². The van der Waals surface area contributed by atoms with Crippen molar-refractivity contribution in [2.75, 3.05) is 56.5 Å². The number of nitrogens with two attached hydrogens (primary N) is 1. The summed E-state index contributed by atoms with van der Waals surface area (Å²) in [6.45, 7) is 7.96. The van der Waals surface area contributed by atoms with Gasteiger partial charge in [-0.3, -0.25) is 4.99 Å². The van der Waals surface area contributed by atoms with Gasteiger partial charge >= 0.3 is 0 Å². The van der Waals surface area contributed by atoms with Crippen molar-refractivity contribution < 1.29 is 8.42 Å². The average molecular weight is 530 g/mol. The molecule has 1 aromatic rings. The molecule has 1 fully saturated rings. The molecule has 0 bridgehead atoms. The molecule has 7 nitrogen and oxygen atoms in total. The molecule has 1 aliphatic rings. The van der Waals surface area contributed by atoms with Gasteiger partial charge in [0.25, 0.3) is 0 Å². The Hall–Kier alpha value is -0.780. The van der Waals surface area contributed by atoms with Gasteiger partial charge in [-0.25, -0.2) is 12.7 Å². The zero-order valence-corrected chi connectivity index (χ0v) is 19.7. The Morgan fingerprint density at radius 3 is 2.22 bits per heavy atom. The van der Waals surface area contributed by atoms with Crippen LogP contribution < -0.4 is 10.6 Å². The summed E-state index contributed by atoms with van der Waals surface area (Å²) in [6.07, 6.45) is 0. The van der Waals surface area contributed by atoms with E-state index >= 15 is 0 Å². The molecule has 0 aromatic heterocycles. The highest BCUT2D eigenvalue weighted by molar-refractivity contribution is 14.0. The van der Waals surface area contributed by atoms with Crippen molar-refractivity contribution in [3.05, 3.63) is 29.3 Å². The van der Waals surface area contributed by atoms with Crippen LogP contribution >= 0.6 is 35.6 Å². The van der Waals surface area contributed by atoms with Gasteiger partial charge in [0.15, 0.2) is 5.96 Å². The number of halogens is 2. The highest BCUT2D eigenvalue weighted by Gasteiger charge is 2.20. The number of piperazine rings is 1. The Balaban J connectivity index is 0.00000364. The van der Waals surface area contributed by atoms with Crippen LogP contribution in [0.15, 0.2) is 29.3 Å². The monoisotopic (exact) mass is 529 g/mol. The molecule has 0 radical (unpaired) electrons. The fourth-order valence-electron chi connectivity index (χ4n) is 2.97. The Kier molecular flexibility index (Phi) is 10.1. The topological polar surface area (TPSA) is 82.2 Å². The third-order valence-electron chi connectivity index (χ3n) is 4.52.